The van der Waals surface area contributed by atoms with Crippen molar-refractivity contribution >= 4 is 34.8 Å². The fourth-order valence-electron chi connectivity index (χ4n) is 4.29. The van der Waals surface area contributed by atoms with E-state index in [9.17, 15) is 14.9 Å². The monoisotopic (exact) mass is 391 g/mol. The SMILES string of the molecule is C[C@@H]1N[C@]2(C(=O)Nc3ccccc32)[C@@H]([N+](=O)[O-])[C@@H]1c1ccc(Cl)cc1Cl. The number of hydrogen-bond donors (Lipinski definition) is 2. The van der Waals surface area contributed by atoms with Gasteiger partial charge in [0, 0.05) is 32.3 Å². The average Bonchev–Trinajstić information content (AvgIpc) is 3.03. The van der Waals surface area contributed by atoms with E-state index in [1.54, 1.807) is 42.5 Å². The molecule has 134 valence electrons. The van der Waals surface area contributed by atoms with Gasteiger partial charge < -0.3 is 5.32 Å². The molecule has 2 aliphatic heterocycles. The molecule has 4 atom stereocenters. The van der Waals surface area contributed by atoms with Crippen LogP contribution in [0.4, 0.5) is 5.69 Å². The van der Waals surface area contributed by atoms with E-state index >= 15 is 0 Å². The van der Waals surface area contributed by atoms with Gasteiger partial charge in [0.05, 0.1) is 5.92 Å². The highest BCUT2D eigenvalue weighted by atomic mass is 35.5. The van der Waals surface area contributed by atoms with Crippen LogP contribution >= 0.6 is 23.2 Å². The molecule has 2 aromatic carbocycles. The Hall–Kier alpha value is -2.15. The van der Waals surface area contributed by atoms with Gasteiger partial charge in [0.2, 0.25) is 0 Å². The number of rotatable bonds is 2. The number of carbonyl (C=O) groups excluding carboxylic acids is 1. The molecule has 2 heterocycles. The Morgan fingerprint density at radius 1 is 1.19 bits per heavy atom. The number of carbonyl (C=O) groups is 1. The number of amides is 1. The molecule has 0 radical (unpaired) electrons. The van der Waals surface area contributed by atoms with Crippen molar-refractivity contribution in [3.63, 3.8) is 0 Å². The number of halogens is 2. The van der Waals surface area contributed by atoms with Crippen LogP contribution in [0.3, 0.4) is 0 Å². The van der Waals surface area contributed by atoms with E-state index in [0.717, 1.165) is 0 Å². The number of nitrogens with one attached hydrogen (secondary N) is 2. The highest BCUT2D eigenvalue weighted by Crippen LogP contribution is 2.50. The molecular formula is C18H15Cl2N3O3. The van der Waals surface area contributed by atoms with Crippen molar-refractivity contribution in [2.75, 3.05) is 5.32 Å². The minimum atomic E-state index is -1.44. The zero-order valence-corrected chi connectivity index (χ0v) is 15.2. The molecule has 2 aromatic rings. The first kappa shape index (κ1) is 17.3. The Morgan fingerprint density at radius 3 is 2.62 bits per heavy atom. The number of hydrogen-bond acceptors (Lipinski definition) is 4. The quantitative estimate of drug-likeness (QED) is 0.605. The minimum Gasteiger partial charge on any atom is -0.324 e. The summed E-state index contributed by atoms with van der Waals surface area (Å²) in [6.07, 6.45) is 0. The Balaban J connectivity index is 1.92. The van der Waals surface area contributed by atoms with E-state index in [1.807, 2.05) is 6.92 Å². The van der Waals surface area contributed by atoms with Gasteiger partial charge in [0.25, 0.3) is 11.9 Å². The van der Waals surface area contributed by atoms with E-state index < -0.39 is 23.4 Å². The maximum absolute atomic E-state index is 12.9. The maximum atomic E-state index is 12.9. The third kappa shape index (κ3) is 2.26. The van der Waals surface area contributed by atoms with E-state index in [-0.39, 0.29) is 11.0 Å². The number of fused-ring (bicyclic) bond motifs is 2. The second-order valence-corrected chi connectivity index (χ2v) is 7.51. The summed E-state index contributed by atoms with van der Waals surface area (Å²) in [5.74, 6) is -1.01. The molecule has 8 heteroatoms. The van der Waals surface area contributed by atoms with Gasteiger partial charge in [-0.3, -0.25) is 20.2 Å². The number of benzene rings is 2. The van der Waals surface area contributed by atoms with Crippen molar-refractivity contribution in [2.24, 2.45) is 0 Å². The predicted molar refractivity (Wildman–Crippen MR) is 99.3 cm³/mol. The highest BCUT2D eigenvalue weighted by Gasteiger charge is 2.67. The van der Waals surface area contributed by atoms with Crippen LogP contribution < -0.4 is 10.6 Å². The zero-order chi connectivity index (χ0) is 18.6. The van der Waals surface area contributed by atoms with Crippen LogP contribution in [0.2, 0.25) is 10.0 Å². The first-order valence-corrected chi connectivity index (χ1v) is 8.89. The molecule has 26 heavy (non-hydrogen) atoms. The minimum absolute atomic E-state index is 0.346. The van der Waals surface area contributed by atoms with Crippen LogP contribution in [-0.4, -0.2) is 22.9 Å². The second-order valence-electron chi connectivity index (χ2n) is 6.66. The number of nitro groups is 1. The summed E-state index contributed by atoms with van der Waals surface area (Å²) < 4.78 is 0. The predicted octanol–water partition coefficient (Wildman–Crippen LogP) is 3.56. The van der Waals surface area contributed by atoms with Crippen molar-refractivity contribution in [1.82, 2.24) is 5.32 Å². The third-order valence-corrected chi connectivity index (χ3v) is 5.85. The van der Waals surface area contributed by atoms with Crippen molar-refractivity contribution in [3.8, 4) is 0 Å². The normalized spacial score (nSPS) is 29.7. The summed E-state index contributed by atoms with van der Waals surface area (Å²) in [5, 5.41) is 18.9. The van der Waals surface area contributed by atoms with Gasteiger partial charge >= 0.3 is 0 Å². The summed E-state index contributed by atoms with van der Waals surface area (Å²) in [5.41, 5.74) is 0.345. The Morgan fingerprint density at radius 2 is 1.92 bits per heavy atom. The summed E-state index contributed by atoms with van der Waals surface area (Å²) >= 11 is 12.3. The Labute approximate surface area is 159 Å². The lowest BCUT2D eigenvalue weighted by Crippen LogP contribution is -2.54. The van der Waals surface area contributed by atoms with E-state index in [0.29, 0.717) is 26.9 Å². The average molecular weight is 392 g/mol. The van der Waals surface area contributed by atoms with Crippen LogP contribution in [0.1, 0.15) is 24.0 Å². The molecule has 6 nitrogen and oxygen atoms in total. The van der Waals surface area contributed by atoms with Crippen molar-refractivity contribution in [3.05, 3.63) is 73.8 Å². The van der Waals surface area contributed by atoms with Crippen molar-refractivity contribution in [2.45, 2.75) is 30.5 Å². The molecule has 2 N–H and O–H groups in total. The largest absolute Gasteiger partial charge is 0.324 e. The lowest BCUT2D eigenvalue weighted by molar-refractivity contribution is -0.532. The molecule has 1 saturated heterocycles. The summed E-state index contributed by atoms with van der Waals surface area (Å²) in [4.78, 5) is 24.7. The molecule has 1 amide bonds. The topological polar surface area (TPSA) is 84.3 Å². The van der Waals surface area contributed by atoms with Gasteiger partial charge in [-0.2, -0.15) is 0 Å². The van der Waals surface area contributed by atoms with Crippen LogP contribution in [0.25, 0.3) is 0 Å². The van der Waals surface area contributed by atoms with Crippen LogP contribution in [0.5, 0.6) is 0 Å². The lowest BCUT2D eigenvalue weighted by Gasteiger charge is -2.25. The molecule has 0 bridgehead atoms. The molecular weight excluding hydrogens is 377 g/mol. The standard InChI is InChI=1S/C18H15Cl2N3O3/c1-9-15(11-7-6-10(19)8-13(11)20)16(23(25)26)18(22-9)12-4-2-3-5-14(12)21-17(18)24/h2-9,15-16,22H,1H3,(H,21,24)/t9-,15-,16-,18-/m0/s1. The van der Waals surface area contributed by atoms with E-state index in [1.165, 1.54) is 0 Å². The zero-order valence-electron chi connectivity index (χ0n) is 13.7. The smallest absolute Gasteiger partial charge is 0.256 e. The molecule has 2 aliphatic rings. The number of nitrogens with zero attached hydrogens (tertiary/aromatic N) is 1. The molecule has 4 rings (SSSR count). The lowest BCUT2D eigenvalue weighted by atomic mass is 9.78. The Bertz CT molecular complexity index is 936. The first-order valence-electron chi connectivity index (χ1n) is 8.13. The van der Waals surface area contributed by atoms with E-state index in [2.05, 4.69) is 10.6 Å². The number of anilines is 1. The van der Waals surface area contributed by atoms with Gasteiger partial charge in [-0.15, -0.1) is 0 Å². The van der Waals surface area contributed by atoms with Gasteiger partial charge in [-0.05, 0) is 30.7 Å². The van der Waals surface area contributed by atoms with Crippen molar-refractivity contribution < 1.29 is 9.72 Å². The maximum Gasteiger partial charge on any atom is 0.256 e. The fraction of sp³-hybridized carbons (Fsp3) is 0.278. The molecule has 0 saturated carbocycles. The second kappa shape index (κ2) is 5.94. The highest BCUT2D eigenvalue weighted by molar-refractivity contribution is 6.35. The van der Waals surface area contributed by atoms with E-state index in [4.69, 9.17) is 23.2 Å². The third-order valence-electron chi connectivity index (χ3n) is 5.28. The van der Waals surface area contributed by atoms with Crippen molar-refractivity contribution in [1.29, 1.82) is 0 Å². The van der Waals surface area contributed by atoms with Gasteiger partial charge in [0.1, 0.15) is 0 Å². The molecule has 0 aromatic heterocycles. The van der Waals surface area contributed by atoms with Crippen LogP contribution in [0.15, 0.2) is 42.5 Å². The summed E-state index contributed by atoms with van der Waals surface area (Å²) in [6.45, 7) is 1.83. The first-order chi connectivity index (χ1) is 12.4. The van der Waals surface area contributed by atoms with Gasteiger partial charge in [-0.25, -0.2) is 0 Å². The molecule has 1 spiro atoms. The van der Waals surface area contributed by atoms with Crippen LogP contribution in [-0.2, 0) is 10.3 Å². The summed E-state index contributed by atoms with van der Waals surface area (Å²) in [7, 11) is 0. The van der Waals surface area contributed by atoms with Gasteiger partial charge in [-0.1, -0.05) is 47.5 Å². The molecule has 0 aliphatic carbocycles. The summed E-state index contributed by atoms with van der Waals surface area (Å²) in [6, 6.07) is 10.4. The Kier molecular flexibility index (Phi) is 3.95. The fourth-order valence-corrected chi connectivity index (χ4v) is 4.83. The van der Waals surface area contributed by atoms with Gasteiger partial charge in [0.15, 0.2) is 5.54 Å². The molecule has 0 unspecified atom stereocenters. The number of para-hydroxylation sites is 1. The van der Waals surface area contributed by atoms with Crippen LogP contribution in [0, 0.1) is 10.1 Å². The molecule has 1 fully saturated rings.